The number of rotatable bonds is 9. The Morgan fingerprint density at radius 1 is 1.24 bits per heavy atom. The van der Waals surface area contributed by atoms with Gasteiger partial charge in [-0.15, -0.1) is 0 Å². The summed E-state index contributed by atoms with van der Waals surface area (Å²) in [6.45, 7) is 2.26. The molecule has 2 aromatic rings. The first-order valence-corrected chi connectivity index (χ1v) is 8.35. The van der Waals surface area contributed by atoms with Crippen LogP contribution in [0.25, 0.3) is 0 Å². The van der Waals surface area contributed by atoms with Gasteiger partial charge in [-0.2, -0.15) is 0 Å². The maximum Gasteiger partial charge on any atom is 0.270 e. The van der Waals surface area contributed by atoms with Crippen LogP contribution >= 0.6 is 0 Å². The van der Waals surface area contributed by atoms with Crippen molar-refractivity contribution >= 4 is 11.6 Å². The van der Waals surface area contributed by atoms with Crippen LogP contribution in [0.1, 0.15) is 22.5 Å². The minimum absolute atomic E-state index is 0.206. The first-order chi connectivity index (χ1) is 12.1. The number of ether oxygens (including phenoxy) is 1. The molecule has 0 spiro atoms. The topological polar surface area (TPSA) is 66.5 Å². The highest BCUT2D eigenvalue weighted by molar-refractivity contribution is 5.93. The van der Waals surface area contributed by atoms with Crippen LogP contribution in [-0.2, 0) is 6.54 Å². The monoisotopic (exact) mass is 342 g/mol. The molecule has 6 heteroatoms. The van der Waals surface area contributed by atoms with E-state index in [1.54, 1.807) is 19.4 Å². The Balaban J connectivity index is 1.90. The van der Waals surface area contributed by atoms with Crippen molar-refractivity contribution in [1.29, 1.82) is 0 Å². The number of amides is 1. The molecule has 134 valence electrons. The van der Waals surface area contributed by atoms with E-state index in [1.165, 1.54) is 0 Å². The highest BCUT2D eigenvalue weighted by Gasteiger charge is 2.09. The Hall–Kier alpha value is -2.60. The van der Waals surface area contributed by atoms with E-state index < -0.39 is 0 Å². The van der Waals surface area contributed by atoms with E-state index in [9.17, 15) is 4.79 Å². The van der Waals surface area contributed by atoms with E-state index in [1.807, 2.05) is 30.3 Å². The van der Waals surface area contributed by atoms with Crippen molar-refractivity contribution in [3.8, 4) is 5.75 Å². The van der Waals surface area contributed by atoms with Crippen molar-refractivity contribution in [1.82, 2.24) is 15.2 Å². The third-order valence-corrected chi connectivity index (χ3v) is 3.74. The molecular weight excluding hydrogens is 316 g/mol. The summed E-state index contributed by atoms with van der Waals surface area (Å²) in [5, 5.41) is 6.20. The average molecular weight is 342 g/mol. The normalized spacial score (nSPS) is 10.6. The summed E-state index contributed by atoms with van der Waals surface area (Å²) in [5.41, 5.74) is 2.22. The molecule has 2 rings (SSSR count). The van der Waals surface area contributed by atoms with Crippen molar-refractivity contribution in [3.63, 3.8) is 0 Å². The second-order valence-electron chi connectivity index (χ2n) is 6.01. The molecule has 0 aliphatic carbocycles. The number of methoxy groups -OCH3 is 1. The minimum Gasteiger partial charge on any atom is -0.496 e. The maximum absolute atomic E-state index is 12.3. The lowest BCUT2D eigenvalue weighted by Crippen LogP contribution is -2.24. The number of benzene rings is 1. The van der Waals surface area contributed by atoms with Gasteiger partial charge in [0.2, 0.25) is 0 Å². The van der Waals surface area contributed by atoms with Gasteiger partial charge in [0.1, 0.15) is 11.4 Å². The van der Waals surface area contributed by atoms with E-state index >= 15 is 0 Å². The van der Waals surface area contributed by atoms with Gasteiger partial charge in [-0.1, -0.05) is 18.2 Å². The maximum atomic E-state index is 12.3. The third-order valence-electron chi connectivity index (χ3n) is 3.74. The molecule has 0 fully saturated rings. The number of carbonyl (C=O) groups excluding carboxylic acids is 1. The summed E-state index contributed by atoms with van der Waals surface area (Å²) in [5.74, 6) is 0.551. The predicted octanol–water partition coefficient (Wildman–Crippen LogP) is 2.38. The largest absolute Gasteiger partial charge is 0.496 e. The average Bonchev–Trinajstić information content (AvgIpc) is 2.63. The quantitative estimate of drug-likeness (QED) is 0.685. The second kappa shape index (κ2) is 9.64. The number of hydrogen-bond acceptors (Lipinski definition) is 5. The first kappa shape index (κ1) is 18.7. The van der Waals surface area contributed by atoms with Gasteiger partial charge in [0.15, 0.2) is 0 Å². The van der Waals surface area contributed by atoms with Crippen LogP contribution < -0.4 is 15.4 Å². The lowest BCUT2D eigenvalue weighted by atomic mass is 10.2. The lowest BCUT2D eigenvalue weighted by molar-refractivity contribution is 0.0945. The van der Waals surface area contributed by atoms with Crippen molar-refractivity contribution in [2.75, 3.05) is 39.6 Å². The molecule has 25 heavy (non-hydrogen) atoms. The van der Waals surface area contributed by atoms with Crippen molar-refractivity contribution in [3.05, 3.63) is 53.9 Å². The summed E-state index contributed by atoms with van der Waals surface area (Å²) in [4.78, 5) is 18.6. The van der Waals surface area contributed by atoms with Crippen LogP contribution in [0.2, 0.25) is 0 Å². The molecule has 0 bridgehead atoms. The zero-order valence-corrected chi connectivity index (χ0v) is 15.1. The molecule has 1 heterocycles. The Morgan fingerprint density at radius 3 is 2.80 bits per heavy atom. The SMILES string of the molecule is COc1ccccc1CNC(=O)c1cc(NCCCN(C)C)ccn1. The van der Waals surface area contributed by atoms with Gasteiger partial charge in [-0.25, -0.2) is 0 Å². The molecule has 0 saturated carbocycles. The number of anilines is 1. The Bertz CT molecular complexity index is 689. The summed E-state index contributed by atoms with van der Waals surface area (Å²) >= 11 is 0. The molecule has 0 atom stereocenters. The smallest absolute Gasteiger partial charge is 0.270 e. The molecule has 0 saturated heterocycles. The third kappa shape index (κ3) is 6.08. The van der Waals surface area contributed by atoms with E-state index in [2.05, 4.69) is 34.6 Å². The molecule has 0 aliphatic heterocycles. The van der Waals surface area contributed by atoms with E-state index in [-0.39, 0.29) is 5.91 Å². The number of nitrogens with zero attached hydrogens (tertiary/aromatic N) is 2. The van der Waals surface area contributed by atoms with Crippen molar-refractivity contribution < 1.29 is 9.53 Å². The number of hydrogen-bond donors (Lipinski definition) is 2. The molecule has 0 radical (unpaired) electrons. The molecular formula is C19H26N4O2. The molecule has 1 aromatic heterocycles. The molecule has 2 N–H and O–H groups in total. The zero-order valence-electron chi connectivity index (χ0n) is 15.1. The van der Waals surface area contributed by atoms with Crippen LogP contribution in [0.3, 0.4) is 0 Å². The van der Waals surface area contributed by atoms with Crippen molar-refractivity contribution in [2.45, 2.75) is 13.0 Å². The first-order valence-electron chi connectivity index (χ1n) is 8.35. The van der Waals surface area contributed by atoms with Gasteiger partial charge in [-0.3, -0.25) is 9.78 Å². The summed E-state index contributed by atoms with van der Waals surface area (Å²) in [6, 6.07) is 11.3. The Kier molecular flexibility index (Phi) is 7.22. The summed E-state index contributed by atoms with van der Waals surface area (Å²) in [6.07, 6.45) is 2.68. The van der Waals surface area contributed by atoms with E-state index in [0.29, 0.717) is 12.2 Å². The van der Waals surface area contributed by atoms with Gasteiger partial charge >= 0.3 is 0 Å². The van der Waals surface area contributed by atoms with Crippen LogP contribution in [0.15, 0.2) is 42.6 Å². The van der Waals surface area contributed by atoms with Crippen LogP contribution in [0.5, 0.6) is 5.75 Å². The molecule has 6 nitrogen and oxygen atoms in total. The Labute approximate surface area is 149 Å². The zero-order chi connectivity index (χ0) is 18.1. The fourth-order valence-corrected chi connectivity index (χ4v) is 2.41. The van der Waals surface area contributed by atoms with Gasteiger partial charge in [0.05, 0.1) is 7.11 Å². The molecule has 1 amide bonds. The summed E-state index contributed by atoms with van der Waals surface area (Å²) < 4.78 is 5.29. The van der Waals surface area contributed by atoms with Gasteiger partial charge in [0, 0.05) is 30.5 Å². The standard InChI is InChI=1S/C19H26N4O2/c1-23(2)12-6-10-20-16-9-11-21-17(13-16)19(24)22-14-15-7-4-5-8-18(15)25-3/h4-5,7-9,11,13H,6,10,12,14H2,1-3H3,(H,20,21)(H,22,24). The minimum atomic E-state index is -0.206. The molecule has 0 unspecified atom stereocenters. The number of pyridine rings is 1. The van der Waals surface area contributed by atoms with Gasteiger partial charge in [0.25, 0.3) is 5.91 Å². The number of aromatic nitrogens is 1. The van der Waals surface area contributed by atoms with Crippen LogP contribution in [0, 0.1) is 0 Å². The van der Waals surface area contributed by atoms with E-state index in [4.69, 9.17) is 4.74 Å². The van der Waals surface area contributed by atoms with Gasteiger partial charge in [-0.05, 0) is 45.3 Å². The molecule has 1 aromatic carbocycles. The number of nitrogens with one attached hydrogen (secondary N) is 2. The number of carbonyl (C=O) groups is 1. The summed E-state index contributed by atoms with van der Waals surface area (Å²) in [7, 11) is 5.72. The second-order valence-corrected chi connectivity index (χ2v) is 6.01. The van der Waals surface area contributed by atoms with Gasteiger partial charge < -0.3 is 20.3 Å². The van der Waals surface area contributed by atoms with Crippen molar-refractivity contribution in [2.24, 2.45) is 0 Å². The predicted molar refractivity (Wildman–Crippen MR) is 100 cm³/mol. The van der Waals surface area contributed by atoms with Crippen LogP contribution in [-0.4, -0.2) is 50.1 Å². The fourth-order valence-electron chi connectivity index (χ4n) is 2.41. The lowest BCUT2D eigenvalue weighted by Gasteiger charge is -2.12. The highest BCUT2D eigenvalue weighted by atomic mass is 16.5. The fraction of sp³-hybridized carbons (Fsp3) is 0.368. The van der Waals surface area contributed by atoms with E-state index in [0.717, 1.165) is 36.5 Å². The Morgan fingerprint density at radius 2 is 2.04 bits per heavy atom. The number of para-hydroxylation sites is 1. The molecule has 0 aliphatic rings. The highest BCUT2D eigenvalue weighted by Crippen LogP contribution is 2.17. The van der Waals surface area contributed by atoms with Crippen LogP contribution in [0.4, 0.5) is 5.69 Å².